The molecule has 1 aromatic heterocycles. The van der Waals surface area contributed by atoms with Gasteiger partial charge >= 0.3 is 0 Å². The second kappa shape index (κ2) is 6.56. The first kappa shape index (κ1) is 13.1. The Balaban J connectivity index is 1.70. The van der Waals surface area contributed by atoms with Crippen molar-refractivity contribution >= 4 is 5.91 Å². The molecule has 0 atom stereocenters. The van der Waals surface area contributed by atoms with Crippen LogP contribution in [-0.2, 0) is 16.1 Å². The van der Waals surface area contributed by atoms with Crippen molar-refractivity contribution in [3.05, 3.63) is 24.2 Å². The Labute approximate surface area is 107 Å². The molecule has 1 aliphatic rings. The highest BCUT2D eigenvalue weighted by atomic mass is 16.5. The fourth-order valence-electron chi connectivity index (χ4n) is 1.99. The van der Waals surface area contributed by atoms with Gasteiger partial charge in [-0.2, -0.15) is 0 Å². The number of amides is 1. The minimum absolute atomic E-state index is 0.00932. The molecule has 2 heterocycles. The predicted molar refractivity (Wildman–Crippen MR) is 67.0 cm³/mol. The first-order chi connectivity index (χ1) is 8.75. The Kier molecular flexibility index (Phi) is 4.78. The smallest absolute Gasteiger partial charge is 0.248 e. The Morgan fingerprint density at radius 3 is 3.00 bits per heavy atom. The van der Waals surface area contributed by atoms with Crippen LogP contribution in [0.1, 0.15) is 18.6 Å². The van der Waals surface area contributed by atoms with Gasteiger partial charge < -0.3 is 19.4 Å². The second-order valence-corrected chi connectivity index (χ2v) is 4.59. The Morgan fingerprint density at radius 1 is 1.56 bits per heavy atom. The number of hydrogen-bond acceptors (Lipinski definition) is 4. The number of furan rings is 1. The molecule has 0 unspecified atom stereocenters. The lowest BCUT2D eigenvalue weighted by atomic mass is 10.1. The standard InChI is InChI=1S/C13H20N2O3/c1-15(9-12-3-2-8-17-12)13(16)10-18-11-4-6-14-7-5-11/h2-3,8,11,14H,4-7,9-10H2,1H3. The van der Waals surface area contributed by atoms with E-state index >= 15 is 0 Å². The van der Waals surface area contributed by atoms with Crippen molar-refractivity contribution in [2.24, 2.45) is 0 Å². The van der Waals surface area contributed by atoms with Crippen molar-refractivity contribution < 1.29 is 13.9 Å². The zero-order valence-electron chi connectivity index (χ0n) is 10.7. The van der Waals surface area contributed by atoms with Crippen molar-refractivity contribution in [2.75, 3.05) is 26.7 Å². The number of rotatable bonds is 5. The van der Waals surface area contributed by atoms with Crippen LogP contribution in [0.5, 0.6) is 0 Å². The summed E-state index contributed by atoms with van der Waals surface area (Å²) in [5.74, 6) is 0.776. The lowest BCUT2D eigenvalue weighted by Crippen LogP contribution is -2.36. The summed E-state index contributed by atoms with van der Waals surface area (Å²) < 4.78 is 10.8. The first-order valence-corrected chi connectivity index (χ1v) is 6.34. The molecule has 0 aromatic carbocycles. The fraction of sp³-hybridized carbons (Fsp3) is 0.615. The normalized spacial score (nSPS) is 16.7. The number of carbonyl (C=O) groups is 1. The van der Waals surface area contributed by atoms with Gasteiger partial charge in [-0.3, -0.25) is 4.79 Å². The van der Waals surface area contributed by atoms with E-state index < -0.39 is 0 Å². The van der Waals surface area contributed by atoms with Gasteiger partial charge in [0.2, 0.25) is 5.91 Å². The van der Waals surface area contributed by atoms with Gasteiger partial charge in [-0.25, -0.2) is 0 Å². The monoisotopic (exact) mass is 252 g/mol. The maximum Gasteiger partial charge on any atom is 0.248 e. The lowest BCUT2D eigenvalue weighted by molar-refractivity contribution is -0.138. The Bertz CT molecular complexity index is 358. The summed E-state index contributed by atoms with van der Waals surface area (Å²) in [7, 11) is 1.76. The van der Waals surface area contributed by atoms with Crippen LogP contribution < -0.4 is 5.32 Å². The molecule has 100 valence electrons. The van der Waals surface area contributed by atoms with Crippen molar-refractivity contribution in [1.82, 2.24) is 10.2 Å². The molecule has 1 aliphatic heterocycles. The molecule has 0 spiro atoms. The third-order valence-electron chi connectivity index (χ3n) is 3.13. The van der Waals surface area contributed by atoms with Crippen LogP contribution in [0.3, 0.4) is 0 Å². The van der Waals surface area contributed by atoms with Crippen LogP contribution in [0.25, 0.3) is 0 Å². The maximum atomic E-state index is 11.9. The summed E-state index contributed by atoms with van der Waals surface area (Å²) >= 11 is 0. The summed E-state index contributed by atoms with van der Waals surface area (Å²) in [6.07, 6.45) is 3.79. The van der Waals surface area contributed by atoms with Crippen LogP contribution in [0.4, 0.5) is 0 Å². The van der Waals surface area contributed by atoms with Gasteiger partial charge in [0, 0.05) is 7.05 Å². The van der Waals surface area contributed by atoms with E-state index in [9.17, 15) is 4.79 Å². The topological polar surface area (TPSA) is 54.7 Å². The predicted octanol–water partition coefficient (Wildman–Crippen LogP) is 1.01. The van der Waals surface area contributed by atoms with Crippen LogP contribution >= 0.6 is 0 Å². The molecule has 5 heteroatoms. The molecule has 0 saturated carbocycles. The Morgan fingerprint density at radius 2 is 2.33 bits per heavy atom. The number of likely N-dealkylation sites (N-methyl/N-ethyl adjacent to an activating group) is 1. The number of carbonyl (C=O) groups excluding carboxylic acids is 1. The van der Waals surface area contributed by atoms with Crippen LogP contribution in [0.15, 0.2) is 22.8 Å². The average molecular weight is 252 g/mol. The van der Waals surface area contributed by atoms with Gasteiger partial charge in [-0.1, -0.05) is 0 Å². The van der Waals surface area contributed by atoms with Gasteiger partial charge in [-0.05, 0) is 38.1 Å². The molecule has 1 aromatic rings. The van der Waals surface area contributed by atoms with E-state index in [-0.39, 0.29) is 18.6 Å². The number of nitrogens with one attached hydrogen (secondary N) is 1. The molecule has 5 nitrogen and oxygen atoms in total. The van der Waals surface area contributed by atoms with Crippen molar-refractivity contribution in [2.45, 2.75) is 25.5 Å². The SMILES string of the molecule is CN(Cc1ccco1)C(=O)COC1CCNCC1. The van der Waals surface area contributed by atoms with E-state index in [1.54, 1.807) is 18.2 Å². The van der Waals surface area contributed by atoms with Crippen molar-refractivity contribution in [1.29, 1.82) is 0 Å². The summed E-state index contributed by atoms with van der Waals surface area (Å²) in [6.45, 7) is 2.59. The van der Waals surface area contributed by atoms with E-state index in [2.05, 4.69) is 5.32 Å². The molecule has 0 aliphatic carbocycles. The third-order valence-corrected chi connectivity index (χ3v) is 3.13. The first-order valence-electron chi connectivity index (χ1n) is 6.34. The molecule has 1 N–H and O–H groups in total. The highest BCUT2D eigenvalue weighted by Crippen LogP contribution is 2.08. The van der Waals surface area contributed by atoms with Gasteiger partial charge in [0.1, 0.15) is 12.4 Å². The Hall–Kier alpha value is -1.33. The van der Waals surface area contributed by atoms with Crippen molar-refractivity contribution in [3.8, 4) is 0 Å². The van der Waals surface area contributed by atoms with E-state index in [0.717, 1.165) is 31.7 Å². The summed E-state index contributed by atoms with van der Waals surface area (Å²) in [5, 5.41) is 3.27. The maximum absolute atomic E-state index is 11.9. The van der Waals surface area contributed by atoms with Crippen molar-refractivity contribution in [3.63, 3.8) is 0 Å². The quantitative estimate of drug-likeness (QED) is 0.849. The van der Waals surface area contributed by atoms with E-state index in [1.165, 1.54) is 0 Å². The molecule has 1 amide bonds. The third kappa shape index (κ3) is 3.85. The number of nitrogens with zero attached hydrogens (tertiary/aromatic N) is 1. The van der Waals surface area contributed by atoms with E-state index in [1.807, 2.05) is 12.1 Å². The molecule has 2 rings (SSSR count). The summed E-state index contributed by atoms with van der Waals surface area (Å²) in [4.78, 5) is 13.5. The minimum atomic E-state index is -0.00932. The van der Waals surface area contributed by atoms with E-state index in [4.69, 9.17) is 9.15 Å². The zero-order valence-corrected chi connectivity index (χ0v) is 10.7. The van der Waals surface area contributed by atoms with Crippen LogP contribution in [0.2, 0.25) is 0 Å². The molecule has 1 saturated heterocycles. The lowest BCUT2D eigenvalue weighted by Gasteiger charge is -2.24. The average Bonchev–Trinajstić information content (AvgIpc) is 2.90. The molecule has 0 bridgehead atoms. The molecular formula is C13H20N2O3. The number of hydrogen-bond donors (Lipinski definition) is 1. The van der Waals surface area contributed by atoms with Gasteiger partial charge in [-0.15, -0.1) is 0 Å². The minimum Gasteiger partial charge on any atom is -0.467 e. The number of piperidine rings is 1. The van der Waals surface area contributed by atoms with Gasteiger partial charge in [0.15, 0.2) is 0 Å². The molecular weight excluding hydrogens is 232 g/mol. The molecule has 18 heavy (non-hydrogen) atoms. The molecule has 1 fully saturated rings. The molecule has 0 radical (unpaired) electrons. The largest absolute Gasteiger partial charge is 0.467 e. The fourth-order valence-corrected chi connectivity index (χ4v) is 1.99. The van der Waals surface area contributed by atoms with Gasteiger partial charge in [0.05, 0.1) is 18.9 Å². The van der Waals surface area contributed by atoms with E-state index in [0.29, 0.717) is 6.54 Å². The number of ether oxygens (including phenoxy) is 1. The summed E-state index contributed by atoms with van der Waals surface area (Å²) in [5.41, 5.74) is 0. The second-order valence-electron chi connectivity index (χ2n) is 4.59. The highest BCUT2D eigenvalue weighted by Gasteiger charge is 2.17. The summed E-state index contributed by atoms with van der Waals surface area (Å²) in [6, 6.07) is 3.68. The highest BCUT2D eigenvalue weighted by molar-refractivity contribution is 5.77. The van der Waals surface area contributed by atoms with Crippen LogP contribution in [-0.4, -0.2) is 43.7 Å². The van der Waals surface area contributed by atoms with Gasteiger partial charge in [0.25, 0.3) is 0 Å². The van der Waals surface area contributed by atoms with Crippen LogP contribution in [0, 0.1) is 0 Å². The zero-order chi connectivity index (χ0) is 12.8.